The van der Waals surface area contributed by atoms with Crippen LogP contribution in [0.15, 0.2) is 23.2 Å². The Labute approximate surface area is 168 Å². The first-order valence-electron chi connectivity index (χ1n) is 7.97. The summed E-state index contributed by atoms with van der Waals surface area (Å²) in [6.45, 7) is 5.26. The summed E-state index contributed by atoms with van der Waals surface area (Å²) in [5, 5.41) is 6.37. The van der Waals surface area contributed by atoms with Gasteiger partial charge < -0.3 is 15.4 Å². The normalized spacial score (nSPS) is 11.6. The lowest BCUT2D eigenvalue weighted by atomic mass is 10.1. The fourth-order valence-electron chi connectivity index (χ4n) is 2.02. The second kappa shape index (κ2) is 12.3. The maximum absolute atomic E-state index is 11.3. The molecule has 0 aliphatic carbocycles. The average Bonchev–Trinajstić information content (AvgIpc) is 2.58. The van der Waals surface area contributed by atoms with Crippen molar-refractivity contribution in [1.82, 2.24) is 15.4 Å². The molecule has 9 heteroatoms. The zero-order chi connectivity index (χ0) is 18.0. The van der Waals surface area contributed by atoms with E-state index in [0.717, 1.165) is 16.9 Å². The Morgan fingerprint density at radius 1 is 1.24 bits per heavy atom. The SMILES string of the molecule is CCS(=O)(=O)NCCCNC(=NC)NCc1ccc(C)cc1OC.I. The van der Waals surface area contributed by atoms with Crippen LogP contribution in [0, 0.1) is 6.92 Å². The summed E-state index contributed by atoms with van der Waals surface area (Å²) in [4.78, 5) is 4.15. The van der Waals surface area contributed by atoms with Gasteiger partial charge in [0.1, 0.15) is 5.75 Å². The molecule has 0 fully saturated rings. The molecule has 0 heterocycles. The number of hydrogen-bond acceptors (Lipinski definition) is 4. The number of rotatable bonds is 9. The topological polar surface area (TPSA) is 91.8 Å². The predicted octanol–water partition coefficient (Wildman–Crippen LogP) is 1.62. The average molecular weight is 484 g/mol. The van der Waals surface area contributed by atoms with Crippen molar-refractivity contribution in [3.05, 3.63) is 29.3 Å². The second-order valence-electron chi connectivity index (χ2n) is 5.32. The van der Waals surface area contributed by atoms with Crippen molar-refractivity contribution in [2.24, 2.45) is 4.99 Å². The largest absolute Gasteiger partial charge is 0.496 e. The van der Waals surface area contributed by atoms with Gasteiger partial charge in [-0.1, -0.05) is 12.1 Å². The lowest BCUT2D eigenvalue weighted by molar-refractivity contribution is 0.408. The summed E-state index contributed by atoms with van der Waals surface area (Å²) in [5.41, 5.74) is 2.19. The lowest BCUT2D eigenvalue weighted by Crippen LogP contribution is -2.38. The molecule has 1 aromatic carbocycles. The molecule has 3 N–H and O–H groups in total. The molecular formula is C16H29IN4O3S. The van der Waals surface area contributed by atoms with Gasteiger partial charge in [0.15, 0.2) is 5.96 Å². The van der Waals surface area contributed by atoms with Gasteiger partial charge in [0, 0.05) is 32.2 Å². The highest BCUT2D eigenvalue weighted by Crippen LogP contribution is 2.19. The quantitative estimate of drug-likeness (QED) is 0.215. The summed E-state index contributed by atoms with van der Waals surface area (Å²) < 4.78 is 30.5. The summed E-state index contributed by atoms with van der Waals surface area (Å²) in [5.74, 6) is 1.60. The summed E-state index contributed by atoms with van der Waals surface area (Å²) >= 11 is 0. The molecule has 0 bridgehead atoms. The zero-order valence-corrected chi connectivity index (χ0v) is 18.4. The molecular weight excluding hydrogens is 455 g/mol. The maximum atomic E-state index is 11.3. The Morgan fingerprint density at radius 3 is 2.56 bits per heavy atom. The molecule has 144 valence electrons. The van der Waals surface area contributed by atoms with Crippen molar-refractivity contribution in [3.8, 4) is 5.75 Å². The van der Waals surface area contributed by atoms with Gasteiger partial charge in [-0.2, -0.15) is 0 Å². The van der Waals surface area contributed by atoms with Crippen LogP contribution in [0.3, 0.4) is 0 Å². The molecule has 25 heavy (non-hydrogen) atoms. The highest BCUT2D eigenvalue weighted by atomic mass is 127. The van der Waals surface area contributed by atoms with E-state index in [-0.39, 0.29) is 29.7 Å². The van der Waals surface area contributed by atoms with Gasteiger partial charge in [-0.15, -0.1) is 24.0 Å². The van der Waals surface area contributed by atoms with Gasteiger partial charge in [-0.3, -0.25) is 4.99 Å². The van der Waals surface area contributed by atoms with Gasteiger partial charge in [-0.25, -0.2) is 13.1 Å². The summed E-state index contributed by atoms with van der Waals surface area (Å²) in [6.07, 6.45) is 0.674. The minimum Gasteiger partial charge on any atom is -0.496 e. The van der Waals surface area contributed by atoms with Crippen molar-refractivity contribution in [2.75, 3.05) is 33.0 Å². The smallest absolute Gasteiger partial charge is 0.211 e. The van der Waals surface area contributed by atoms with E-state index < -0.39 is 10.0 Å². The van der Waals surface area contributed by atoms with Gasteiger partial charge >= 0.3 is 0 Å². The van der Waals surface area contributed by atoms with Crippen molar-refractivity contribution >= 4 is 40.0 Å². The number of nitrogens with zero attached hydrogens (tertiary/aromatic N) is 1. The molecule has 0 atom stereocenters. The number of ether oxygens (including phenoxy) is 1. The van der Waals surface area contributed by atoms with Crippen LogP contribution in [0.5, 0.6) is 5.75 Å². The van der Waals surface area contributed by atoms with Gasteiger partial charge in [0.2, 0.25) is 10.0 Å². The number of aliphatic imine (C=N–C) groups is 1. The van der Waals surface area contributed by atoms with Crippen LogP contribution < -0.4 is 20.1 Å². The van der Waals surface area contributed by atoms with Gasteiger partial charge in [0.05, 0.1) is 12.9 Å². The van der Waals surface area contributed by atoms with Gasteiger partial charge in [0.25, 0.3) is 0 Å². The van der Waals surface area contributed by atoms with Crippen molar-refractivity contribution in [2.45, 2.75) is 26.8 Å². The monoisotopic (exact) mass is 484 g/mol. The summed E-state index contributed by atoms with van der Waals surface area (Å²) in [7, 11) is 0.231. The van der Waals surface area contributed by atoms with E-state index in [1.54, 1.807) is 21.1 Å². The van der Waals surface area contributed by atoms with E-state index in [1.807, 2.05) is 25.1 Å². The van der Waals surface area contributed by atoms with E-state index in [0.29, 0.717) is 32.0 Å². The first kappa shape index (κ1) is 23.9. The fraction of sp³-hybridized carbons (Fsp3) is 0.562. The highest BCUT2D eigenvalue weighted by Gasteiger charge is 2.06. The molecule has 0 spiro atoms. The zero-order valence-electron chi connectivity index (χ0n) is 15.3. The molecule has 0 aliphatic rings. The molecule has 0 unspecified atom stereocenters. The van der Waals surface area contributed by atoms with Crippen LogP contribution in [0.4, 0.5) is 0 Å². The number of guanidine groups is 1. The highest BCUT2D eigenvalue weighted by molar-refractivity contribution is 14.0. The number of nitrogens with one attached hydrogen (secondary N) is 3. The van der Waals surface area contributed by atoms with Crippen molar-refractivity contribution in [1.29, 1.82) is 0 Å². The third-order valence-corrected chi connectivity index (χ3v) is 4.86. The van der Waals surface area contributed by atoms with Crippen molar-refractivity contribution in [3.63, 3.8) is 0 Å². The van der Waals surface area contributed by atoms with Crippen LogP contribution in [0.2, 0.25) is 0 Å². The molecule has 0 amide bonds. The van der Waals surface area contributed by atoms with Crippen LogP contribution >= 0.6 is 24.0 Å². The Kier molecular flexibility index (Phi) is 11.8. The number of sulfonamides is 1. The fourth-order valence-corrected chi connectivity index (χ4v) is 2.68. The summed E-state index contributed by atoms with van der Waals surface area (Å²) in [6, 6.07) is 6.05. The standard InChI is InChI=1S/C16H28N4O3S.HI/c1-5-24(21,22)20-10-6-9-18-16(17-3)19-12-14-8-7-13(2)11-15(14)23-4;/h7-8,11,20H,5-6,9-10,12H2,1-4H3,(H2,17,18,19);1H. The second-order valence-corrected chi connectivity index (χ2v) is 7.41. The Hall–Kier alpha value is -1.07. The molecule has 0 aromatic heterocycles. The molecule has 0 saturated heterocycles. The Balaban J connectivity index is 0.00000576. The maximum Gasteiger partial charge on any atom is 0.211 e. The minimum atomic E-state index is -3.12. The third kappa shape index (κ3) is 9.26. The minimum absolute atomic E-state index is 0. The molecule has 1 rings (SSSR count). The van der Waals surface area contributed by atoms with Gasteiger partial charge in [-0.05, 0) is 31.9 Å². The lowest BCUT2D eigenvalue weighted by Gasteiger charge is -2.14. The van der Waals surface area contributed by atoms with Crippen LogP contribution in [0.1, 0.15) is 24.5 Å². The Bertz CT molecular complexity index is 651. The van der Waals surface area contributed by atoms with E-state index >= 15 is 0 Å². The predicted molar refractivity (Wildman–Crippen MR) is 113 cm³/mol. The number of methoxy groups -OCH3 is 1. The molecule has 0 radical (unpaired) electrons. The third-order valence-electron chi connectivity index (χ3n) is 3.46. The molecule has 7 nitrogen and oxygen atoms in total. The van der Waals surface area contributed by atoms with Crippen LogP contribution in [-0.4, -0.2) is 47.4 Å². The van der Waals surface area contributed by atoms with Crippen LogP contribution in [0.25, 0.3) is 0 Å². The van der Waals surface area contributed by atoms with Crippen molar-refractivity contribution < 1.29 is 13.2 Å². The van der Waals surface area contributed by atoms with Crippen LogP contribution in [-0.2, 0) is 16.6 Å². The molecule has 0 aliphatic heterocycles. The Morgan fingerprint density at radius 2 is 1.96 bits per heavy atom. The number of aryl methyl sites for hydroxylation is 1. The first-order chi connectivity index (χ1) is 11.4. The van der Waals surface area contributed by atoms with E-state index in [1.165, 1.54) is 0 Å². The number of hydrogen-bond donors (Lipinski definition) is 3. The van der Waals surface area contributed by atoms with E-state index in [9.17, 15) is 8.42 Å². The first-order valence-corrected chi connectivity index (χ1v) is 9.62. The molecule has 1 aromatic rings. The van der Waals surface area contributed by atoms with E-state index in [2.05, 4.69) is 20.3 Å². The molecule has 0 saturated carbocycles. The van der Waals surface area contributed by atoms with E-state index in [4.69, 9.17) is 4.74 Å². The number of benzene rings is 1. The number of halogens is 1.